The van der Waals surface area contributed by atoms with Crippen LogP contribution in [0.4, 0.5) is 11.4 Å². The molecule has 1 amide bonds. The molecular weight excluding hydrogens is 406 g/mol. The van der Waals surface area contributed by atoms with Gasteiger partial charge in [0.05, 0.1) is 10.2 Å². The Morgan fingerprint density at radius 3 is 2.59 bits per heavy atom. The van der Waals surface area contributed by atoms with Crippen molar-refractivity contribution in [1.29, 1.82) is 0 Å². The van der Waals surface area contributed by atoms with Gasteiger partial charge in [-0.05, 0) is 43.2 Å². The average Bonchev–Trinajstić information content (AvgIpc) is 2.72. The van der Waals surface area contributed by atoms with Crippen molar-refractivity contribution in [3.8, 4) is 0 Å². The van der Waals surface area contributed by atoms with E-state index in [4.69, 9.17) is 0 Å². The van der Waals surface area contributed by atoms with Crippen LogP contribution in [0.5, 0.6) is 0 Å². The summed E-state index contributed by atoms with van der Waals surface area (Å²) in [6, 6.07) is 12.3. The molecule has 1 atom stereocenters. The lowest BCUT2D eigenvalue weighted by Gasteiger charge is -2.27. The second-order valence-electron chi connectivity index (χ2n) is 6.98. The first-order valence-corrected chi connectivity index (χ1v) is 11.6. The number of nitrogens with zero attached hydrogens (tertiary/aromatic N) is 2. The maximum atomic E-state index is 12.7. The molecule has 0 spiro atoms. The average molecular weight is 432 g/mol. The summed E-state index contributed by atoms with van der Waals surface area (Å²) in [5.74, 6) is 2.27. The number of benzene rings is 2. The van der Waals surface area contributed by atoms with Crippen LogP contribution in [0.2, 0.25) is 0 Å². The predicted molar refractivity (Wildman–Crippen MR) is 121 cm³/mol. The van der Waals surface area contributed by atoms with E-state index in [9.17, 15) is 14.9 Å². The monoisotopic (exact) mass is 431 g/mol. The van der Waals surface area contributed by atoms with Crippen LogP contribution in [0.1, 0.15) is 18.1 Å². The summed E-state index contributed by atoms with van der Waals surface area (Å²) >= 11 is 3.38. The fourth-order valence-corrected chi connectivity index (χ4v) is 4.97. The van der Waals surface area contributed by atoms with Gasteiger partial charge in [-0.2, -0.15) is 11.8 Å². The Morgan fingerprint density at radius 1 is 1.24 bits per heavy atom. The molecular formula is C21H25N3O3S2. The Bertz CT molecular complexity index is 868. The minimum atomic E-state index is -0.428. The van der Waals surface area contributed by atoms with Crippen molar-refractivity contribution in [2.24, 2.45) is 0 Å². The molecule has 0 radical (unpaired) electrons. The summed E-state index contributed by atoms with van der Waals surface area (Å²) in [4.78, 5) is 26.3. The molecule has 29 heavy (non-hydrogen) atoms. The molecule has 1 N–H and O–H groups in total. The van der Waals surface area contributed by atoms with Crippen LogP contribution in [0.3, 0.4) is 0 Å². The number of amides is 1. The third kappa shape index (κ3) is 5.98. The number of nitrogens with one attached hydrogen (secondary N) is 1. The fourth-order valence-electron chi connectivity index (χ4n) is 3.13. The lowest BCUT2D eigenvalue weighted by Crippen LogP contribution is -2.32. The minimum Gasteiger partial charge on any atom is -0.325 e. The number of hydrogen-bond donors (Lipinski definition) is 1. The molecule has 1 heterocycles. The highest BCUT2D eigenvalue weighted by Gasteiger charge is 2.18. The van der Waals surface area contributed by atoms with Gasteiger partial charge in [-0.3, -0.25) is 19.8 Å². The van der Waals surface area contributed by atoms with Crippen molar-refractivity contribution in [1.82, 2.24) is 4.90 Å². The second-order valence-corrected chi connectivity index (χ2v) is 9.62. The van der Waals surface area contributed by atoms with E-state index in [0.29, 0.717) is 0 Å². The minimum absolute atomic E-state index is 0.0474. The van der Waals surface area contributed by atoms with E-state index in [-0.39, 0.29) is 16.8 Å². The summed E-state index contributed by atoms with van der Waals surface area (Å²) in [6.07, 6.45) is 0. The molecule has 0 saturated carbocycles. The number of carbonyl (C=O) groups excluding carboxylic acids is 1. The van der Waals surface area contributed by atoms with E-state index in [0.717, 1.165) is 35.8 Å². The number of nitro benzene ring substituents is 1. The number of rotatable bonds is 7. The van der Waals surface area contributed by atoms with Crippen LogP contribution in [-0.2, 0) is 11.3 Å². The quantitative estimate of drug-likeness (QED) is 0.393. The molecule has 1 unspecified atom stereocenters. The van der Waals surface area contributed by atoms with Gasteiger partial charge in [0.2, 0.25) is 5.91 Å². The lowest BCUT2D eigenvalue weighted by atomic mass is 10.1. The predicted octanol–water partition coefficient (Wildman–Crippen LogP) is 4.57. The molecule has 0 aromatic heterocycles. The van der Waals surface area contributed by atoms with E-state index >= 15 is 0 Å². The largest absolute Gasteiger partial charge is 0.325 e. The Balaban J connectivity index is 1.61. The maximum Gasteiger partial charge on any atom is 0.269 e. The third-order valence-electron chi connectivity index (χ3n) is 4.93. The molecule has 1 fully saturated rings. The Hall–Kier alpha value is -2.03. The maximum absolute atomic E-state index is 12.7. The summed E-state index contributed by atoms with van der Waals surface area (Å²) in [7, 11) is 0. The first-order valence-electron chi connectivity index (χ1n) is 9.54. The molecule has 1 aliphatic rings. The molecule has 1 saturated heterocycles. The standard InChI is InChI=1S/C21H25N3O3S2/c1-15-17(14-23-10-12-28-13-11-23)4-3-5-20(15)22-21(25)16(2)29-19-8-6-18(7-9-19)24(26)27/h3-9,16H,10-14H2,1-2H3,(H,22,25). The van der Waals surface area contributed by atoms with Gasteiger partial charge in [-0.1, -0.05) is 12.1 Å². The van der Waals surface area contributed by atoms with Crippen molar-refractivity contribution >= 4 is 40.8 Å². The highest BCUT2D eigenvalue weighted by atomic mass is 32.2. The van der Waals surface area contributed by atoms with E-state index in [1.54, 1.807) is 12.1 Å². The zero-order valence-corrected chi connectivity index (χ0v) is 18.2. The van der Waals surface area contributed by atoms with Crippen molar-refractivity contribution in [3.05, 3.63) is 63.7 Å². The lowest BCUT2D eigenvalue weighted by molar-refractivity contribution is -0.384. The van der Waals surface area contributed by atoms with E-state index in [2.05, 4.69) is 23.2 Å². The van der Waals surface area contributed by atoms with Crippen molar-refractivity contribution in [2.45, 2.75) is 30.5 Å². The number of thioether (sulfide) groups is 2. The number of non-ortho nitro benzene ring substituents is 1. The second kappa shape index (κ2) is 10.1. The van der Waals surface area contributed by atoms with Crippen LogP contribution < -0.4 is 5.32 Å². The summed E-state index contributed by atoms with van der Waals surface area (Å²) in [5.41, 5.74) is 3.23. The Kier molecular flexibility index (Phi) is 7.57. The molecule has 154 valence electrons. The summed E-state index contributed by atoms with van der Waals surface area (Å²) in [6.45, 7) is 7.00. The van der Waals surface area contributed by atoms with Crippen LogP contribution in [0.25, 0.3) is 0 Å². The topological polar surface area (TPSA) is 75.5 Å². The molecule has 2 aromatic rings. The van der Waals surface area contributed by atoms with Gasteiger partial charge in [-0.15, -0.1) is 11.8 Å². The third-order valence-corrected chi connectivity index (χ3v) is 6.99. The van der Waals surface area contributed by atoms with E-state index < -0.39 is 4.92 Å². The number of carbonyl (C=O) groups is 1. The van der Waals surface area contributed by atoms with Crippen molar-refractivity contribution in [3.63, 3.8) is 0 Å². The molecule has 0 bridgehead atoms. The highest BCUT2D eigenvalue weighted by Crippen LogP contribution is 2.27. The Labute approximate surface area is 179 Å². The zero-order chi connectivity index (χ0) is 20.8. The van der Waals surface area contributed by atoms with Crippen LogP contribution in [0, 0.1) is 17.0 Å². The first kappa shape index (κ1) is 21.7. The Morgan fingerprint density at radius 2 is 1.93 bits per heavy atom. The summed E-state index contributed by atoms with van der Waals surface area (Å²) in [5, 5.41) is 13.5. The van der Waals surface area contributed by atoms with Crippen LogP contribution >= 0.6 is 23.5 Å². The number of anilines is 1. The van der Waals surface area contributed by atoms with E-state index in [1.165, 1.54) is 41.0 Å². The smallest absolute Gasteiger partial charge is 0.269 e. The SMILES string of the molecule is Cc1c(CN2CCSCC2)cccc1NC(=O)C(C)Sc1ccc([N+](=O)[O-])cc1. The molecule has 1 aliphatic heterocycles. The van der Waals surface area contributed by atoms with Gasteiger partial charge in [0.1, 0.15) is 0 Å². The highest BCUT2D eigenvalue weighted by molar-refractivity contribution is 8.00. The first-order chi connectivity index (χ1) is 13.9. The normalized spacial score (nSPS) is 15.7. The van der Waals surface area contributed by atoms with Gasteiger partial charge in [0.15, 0.2) is 0 Å². The number of hydrogen-bond acceptors (Lipinski definition) is 6. The molecule has 6 nitrogen and oxygen atoms in total. The van der Waals surface area contributed by atoms with E-state index in [1.807, 2.05) is 30.8 Å². The van der Waals surface area contributed by atoms with Gasteiger partial charge in [-0.25, -0.2) is 0 Å². The van der Waals surface area contributed by atoms with Crippen LogP contribution in [-0.4, -0.2) is 45.6 Å². The summed E-state index contributed by atoms with van der Waals surface area (Å²) < 4.78 is 0. The van der Waals surface area contributed by atoms with Gasteiger partial charge < -0.3 is 5.32 Å². The zero-order valence-electron chi connectivity index (χ0n) is 16.6. The van der Waals surface area contributed by atoms with Gasteiger partial charge >= 0.3 is 0 Å². The van der Waals surface area contributed by atoms with Gasteiger partial charge in [0.25, 0.3) is 5.69 Å². The molecule has 0 aliphatic carbocycles. The fraction of sp³-hybridized carbons (Fsp3) is 0.381. The molecule has 2 aromatic carbocycles. The van der Waals surface area contributed by atoms with Crippen molar-refractivity contribution in [2.75, 3.05) is 29.9 Å². The van der Waals surface area contributed by atoms with Crippen LogP contribution in [0.15, 0.2) is 47.4 Å². The van der Waals surface area contributed by atoms with Gasteiger partial charge in [0, 0.05) is 53.9 Å². The molecule has 8 heteroatoms. The number of nitro groups is 1. The molecule has 3 rings (SSSR count). The van der Waals surface area contributed by atoms with Crippen molar-refractivity contribution < 1.29 is 9.72 Å².